The van der Waals surface area contributed by atoms with E-state index in [1.165, 1.54) is 12.8 Å². The van der Waals surface area contributed by atoms with Crippen molar-refractivity contribution in [3.8, 4) is 0 Å². The fraction of sp³-hybridized carbons (Fsp3) is 0.533. The molecule has 0 saturated heterocycles. The monoisotopic (exact) mass is 246 g/mol. The van der Waals surface area contributed by atoms with Crippen molar-refractivity contribution in [2.45, 2.75) is 19.8 Å². The Morgan fingerprint density at radius 3 is 2.56 bits per heavy atom. The van der Waals surface area contributed by atoms with Crippen molar-refractivity contribution in [3.05, 3.63) is 35.4 Å². The second-order valence-corrected chi connectivity index (χ2v) is 5.74. The van der Waals surface area contributed by atoms with Crippen LogP contribution in [0.1, 0.15) is 28.8 Å². The molecule has 1 aromatic rings. The molecule has 0 radical (unpaired) electrons. The molecule has 0 aromatic heterocycles. The number of hydrogen-bond acceptors (Lipinski definition) is 2. The van der Waals surface area contributed by atoms with E-state index in [0.717, 1.165) is 24.2 Å². The topological polar surface area (TPSA) is 32.3 Å². The smallest absolute Gasteiger partial charge is 0.251 e. The van der Waals surface area contributed by atoms with Gasteiger partial charge in [-0.1, -0.05) is 18.2 Å². The van der Waals surface area contributed by atoms with E-state index in [4.69, 9.17) is 0 Å². The largest absolute Gasteiger partial charge is 0.351 e. The number of carbonyl (C=O) groups is 1. The van der Waals surface area contributed by atoms with Crippen LogP contribution < -0.4 is 5.32 Å². The van der Waals surface area contributed by atoms with Gasteiger partial charge in [0.1, 0.15) is 0 Å². The summed E-state index contributed by atoms with van der Waals surface area (Å²) in [6.07, 6.45) is 2.44. The molecule has 1 fully saturated rings. The summed E-state index contributed by atoms with van der Waals surface area (Å²) in [4.78, 5) is 14.3. The summed E-state index contributed by atoms with van der Waals surface area (Å²) in [6.45, 7) is 3.82. The van der Waals surface area contributed by atoms with Crippen molar-refractivity contribution in [3.63, 3.8) is 0 Å². The Kier molecular flexibility index (Phi) is 3.71. The van der Waals surface area contributed by atoms with Crippen LogP contribution in [0.2, 0.25) is 0 Å². The standard InChI is InChI=1S/C15H22N2O/c1-12-6-4-5-7-13(12)14(18)16-10-15(8-9-15)11-17(2)3/h4-7H,8-11H2,1-3H3,(H,16,18). The summed E-state index contributed by atoms with van der Waals surface area (Å²) in [5.41, 5.74) is 2.15. The van der Waals surface area contributed by atoms with E-state index in [1.54, 1.807) is 0 Å². The zero-order valence-corrected chi connectivity index (χ0v) is 11.5. The lowest BCUT2D eigenvalue weighted by Gasteiger charge is -2.20. The average molecular weight is 246 g/mol. The normalized spacial score (nSPS) is 16.7. The Hall–Kier alpha value is -1.35. The number of nitrogens with zero attached hydrogens (tertiary/aromatic N) is 1. The molecule has 1 aliphatic rings. The van der Waals surface area contributed by atoms with E-state index < -0.39 is 0 Å². The molecule has 3 nitrogen and oxygen atoms in total. The maximum atomic E-state index is 12.1. The van der Waals surface area contributed by atoms with Gasteiger partial charge in [-0.25, -0.2) is 0 Å². The number of carbonyl (C=O) groups excluding carboxylic acids is 1. The van der Waals surface area contributed by atoms with Gasteiger partial charge in [0, 0.05) is 24.1 Å². The quantitative estimate of drug-likeness (QED) is 0.862. The number of rotatable bonds is 5. The molecule has 98 valence electrons. The molecule has 2 rings (SSSR count). The van der Waals surface area contributed by atoms with Crippen molar-refractivity contribution < 1.29 is 4.79 Å². The van der Waals surface area contributed by atoms with Gasteiger partial charge in [0.25, 0.3) is 5.91 Å². The van der Waals surface area contributed by atoms with Crippen LogP contribution in [-0.2, 0) is 0 Å². The van der Waals surface area contributed by atoms with Crippen LogP contribution >= 0.6 is 0 Å². The fourth-order valence-corrected chi connectivity index (χ4v) is 2.43. The van der Waals surface area contributed by atoms with E-state index >= 15 is 0 Å². The van der Waals surface area contributed by atoms with Crippen molar-refractivity contribution in [1.82, 2.24) is 10.2 Å². The summed E-state index contributed by atoms with van der Waals surface area (Å²) in [7, 11) is 4.17. The van der Waals surface area contributed by atoms with Crippen LogP contribution in [0.15, 0.2) is 24.3 Å². The van der Waals surface area contributed by atoms with E-state index in [9.17, 15) is 4.79 Å². The first-order valence-corrected chi connectivity index (χ1v) is 6.51. The Labute approximate surface area is 109 Å². The minimum absolute atomic E-state index is 0.0538. The first-order chi connectivity index (χ1) is 8.52. The number of hydrogen-bond donors (Lipinski definition) is 1. The molecule has 0 unspecified atom stereocenters. The van der Waals surface area contributed by atoms with Gasteiger partial charge < -0.3 is 10.2 Å². The maximum absolute atomic E-state index is 12.1. The minimum Gasteiger partial charge on any atom is -0.351 e. The molecule has 3 heteroatoms. The summed E-state index contributed by atoms with van der Waals surface area (Å²) in [5.74, 6) is 0.0538. The van der Waals surface area contributed by atoms with Gasteiger partial charge >= 0.3 is 0 Å². The van der Waals surface area contributed by atoms with Crippen LogP contribution in [0.3, 0.4) is 0 Å². The molecule has 1 amide bonds. The Morgan fingerprint density at radius 2 is 2.00 bits per heavy atom. The molecule has 0 atom stereocenters. The number of aryl methyl sites for hydroxylation is 1. The molecule has 0 heterocycles. The predicted molar refractivity (Wildman–Crippen MR) is 73.7 cm³/mol. The zero-order valence-electron chi connectivity index (χ0n) is 11.5. The Bertz CT molecular complexity index is 436. The van der Waals surface area contributed by atoms with Crippen LogP contribution in [-0.4, -0.2) is 38.0 Å². The molecule has 18 heavy (non-hydrogen) atoms. The highest BCUT2D eigenvalue weighted by Gasteiger charge is 2.42. The number of benzene rings is 1. The molecule has 0 bridgehead atoms. The van der Waals surface area contributed by atoms with Crippen molar-refractivity contribution in [2.75, 3.05) is 27.2 Å². The third-order valence-electron chi connectivity index (χ3n) is 3.62. The van der Waals surface area contributed by atoms with Gasteiger partial charge in [0.05, 0.1) is 0 Å². The van der Waals surface area contributed by atoms with Crippen LogP contribution in [0.25, 0.3) is 0 Å². The number of amides is 1. The average Bonchev–Trinajstić information content (AvgIpc) is 3.06. The van der Waals surface area contributed by atoms with Gasteiger partial charge in [0.2, 0.25) is 0 Å². The molecule has 1 aliphatic carbocycles. The molecular formula is C15H22N2O. The molecule has 1 N–H and O–H groups in total. The van der Waals surface area contributed by atoms with Crippen molar-refractivity contribution >= 4 is 5.91 Å². The highest BCUT2D eigenvalue weighted by molar-refractivity contribution is 5.95. The molecular weight excluding hydrogens is 224 g/mol. The van der Waals surface area contributed by atoms with E-state index in [1.807, 2.05) is 31.2 Å². The van der Waals surface area contributed by atoms with Gasteiger partial charge in [-0.15, -0.1) is 0 Å². The van der Waals surface area contributed by atoms with Gasteiger partial charge in [-0.05, 0) is 45.5 Å². The number of nitrogens with one attached hydrogen (secondary N) is 1. The Morgan fingerprint density at radius 1 is 1.33 bits per heavy atom. The van der Waals surface area contributed by atoms with E-state index in [0.29, 0.717) is 5.41 Å². The van der Waals surface area contributed by atoms with Crippen LogP contribution in [0, 0.1) is 12.3 Å². The third kappa shape index (κ3) is 3.10. The zero-order chi connectivity index (χ0) is 13.2. The van der Waals surface area contributed by atoms with Gasteiger partial charge in [0.15, 0.2) is 0 Å². The van der Waals surface area contributed by atoms with Crippen molar-refractivity contribution in [2.24, 2.45) is 5.41 Å². The summed E-state index contributed by atoms with van der Waals surface area (Å²) in [6, 6.07) is 7.73. The molecule has 1 saturated carbocycles. The Balaban J connectivity index is 1.91. The van der Waals surface area contributed by atoms with E-state index in [-0.39, 0.29) is 5.91 Å². The van der Waals surface area contributed by atoms with Gasteiger partial charge in [-0.2, -0.15) is 0 Å². The molecule has 0 aliphatic heterocycles. The highest BCUT2D eigenvalue weighted by Crippen LogP contribution is 2.45. The first kappa shape index (κ1) is 13.1. The van der Waals surface area contributed by atoms with E-state index in [2.05, 4.69) is 24.3 Å². The molecule has 0 spiro atoms. The summed E-state index contributed by atoms with van der Waals surface area (Å²) < 4.78 is 0. The molecule has 1 aromatic carbocycles. The van der Waals surface area contributed by atoms with Crippen LogP contribution in [0.5, 0.6) is 0 Å². The maximum Gasteiger partial charge on any atom is 0.251 e. The van der Waals surface area contributed by atoms with Crippen LogP contribution in [0.4, 0.5) is 0 Å². The highest BCUT2D eigenvalue weighted by atomic mass is 16.1. The second-order valence-electron chi connectivity index (χ2n) is 5.74. The lowest BCUT2D eigenvalue weighted by molar-refractivity contribution is 0.0941. The van der Waals surface area contributed by atoms with Crippen molar-refractivity contribution in [1.29, 1.82) is 0 Å². The predicted octanol–water partition coefficient (Wildman–Crippen LogP) is 2.07. The lowest BCUT2D eigenvalue weighted by atomic mass is 10.1. The lowest BCUT2D eigenvalue weighted by Crippen LogP contribution is -2.35. The fourth-order valence-electron chi connectivity index (χ4n) is 2.43. The summed E-state index contributed by atoms with van der Waals surface area (Å²) in [5, 5.41) is 3.08. The second kappa shape index (κ2) is 5.11. The van der Waals surface area contributed by atoms with Gasteiger partial charge in [-0.3, -0.25) is 4.79 Å². The SMILES string of the molecule is Cc1ccccc1C(=O)NCC1(CN(C)C)CC1. The summed E-state index contributed by atoms with van der Waals surface area (Å²) >= 11 is 0. The minimum atomic E-state index is 0.0538. The third-order valence-corrected chi connectivity index (χ3v) is 3.62. The first-order valence-electron chi connectivity index (χ1n) is 6.51.